The Morgan fingerprint density at radius 2 is 1.75 bits per heavy atom. The molecule has 1 unspecified atom stereocenters. The van der Waals surface area contributed by atoms with Crippen LogP contribution in [-0.2, 0) is 23.9 Å². The molecule has 0 aliphatic rings. The van der Waals surface area contributed by atoms with Gasteiger partial charge in [0.25, 0.3) is 0 Å². The maximum Gasteiger partial charge on any atom is 0.337 e. The van der Waals surface area contributed by atoms with Gasteiger partial charge in [-0.15, -0.1) is 0 Å². The molecule has 1 aromatic carbocycles. The summed E-state index contributed by atoms with van der Waals surface area (Å²) in [7, 11) is 1.25. The first-order valence-electron chi connectivity index (χ1n) is 6.82. The standard InChI is InChI=1S/C16H16O8/c1-10(23-14(19)8-7-13(17)18)9-15(20)24-12-5-3-11(4-6-12)16(21)22-2/h3-8,10H,9H2,1-2H3,(H,17,18)/b8-7+. The smallest absolute Gasteiger partial charge is 0.337 e. The lowest BCUT2D eigenvalue weighted by atomic mass is 10.2. The van der Waals surface area contributed by atoms with Crippen molar-refractivity contribution in [1.29, 1.82) is 0 Å². The van der Waals surface area contributed by atoms with E-state index in [1.807, 2.05) is 0 Å². The van der Waals surface area contributed by atoms with Crippen LogP contribution in [0.3, 0.4) is 0 Å². The Hall–Kier alpha value is -3.16. The average Bonchev–Trinajstić information content (AvgIpc) is 2.52. The van der Waals surface area contributed by atoms with Crippen LogP contribution in [0.4, 0.5) is 0 Å². The molecule has 0 fully saturated rings. The highest BCUT2D eigenvalue weighted by Gasteiger charge is 2.15. The van der Waals surface area contributed by atoms with Crippen molar-refractivity contribution < 1.29 is 38.5 Å². The van der Waals surface area contributed by atoms with Gasteiger partial charge in [0.1, 0.15) is 11.9 Å². The molecule has 0 bridgehead atoms. The van der Waals surface area contributed by atoms with Gasteiger partial charge in [-0.2, -0.15) is 0 Å². The molecule has 8 heteroatoms. The van der Waals surface area contributed by atoms with Gasteiger partial charge in [-0.3, -0.25) is 4.79 Å². The van der Waals surface area contributed by atoms with E-state index in [1.165, 1.54) is 38.3 Å². The first-order valence-corrected chi connectivity index (χ1v) is 6.82. The van der Waals surface area contributed by atoms with Gasteiger partial charge in [-0.05, 0) is 31.2 Å². The fraction of sp³-hybridized carbons (Fsp3) is 0.250. The number of carbonyl (C=O) groups excluding carboxylic acids is 3. The number of ether oxygens (including phenoxy) is 3. The summed E-state index contributed by atoms with van der Waals surface area (Å²) in [6, 6.07) is 5.73. The van der Waals surface area contributed by atoms with Crippen LogP contribution in [-0.4, -0.2) is 42.2 Å². The van der Waals surface area contributed by atoms with Crippen LogP contribution in [0.2, 0.25) is 0 Å². The number of aliphatic carboxylic acids is 1. The number of benzene rings is 1. The minimum atomic E-state index is -1.28. The van der Waals surface area contributed by atoms with Crippen molar-refractivity contribution in [2.45, 2.75) is 19.4 Å². The van der Waals surface area contributed by atoms with Gasteiger partial charge in [0.15, 0.2) is 0 Å². The molecule has 1 atom stereocenters. The second-order valence-electron chi connectivity index (χ2n) is 4.61. The van der Waals surface area contributed by atoms with Crippen LogP contribution in [0.15, 0.2) is 36.4 Å². The first-order chi connectivity index (χ1) is 11.3. The number of methoxy groups -OCH3 is 1. The Labute approximate surface area is 137 Å². The van der Waals surface area contributed by atoms with Crippen molar-refractivity contribution >= 4 is 23.9 Å². The molecule has 1 rings (SSSR count). The lowest BCUT2D eigenvalue weighted by Gasteiger charge is -2.11. The van der Waals surface area contributed by atoms with Crippen molar-refractivity contribution in [3.63, 3.8) is 0 Å². The van der Waals surface area contributed by atoms with Crippen molar-refractivity contribution in [1.82, 2.24) is 0 Å². The molecule has 0 spiro atoms. The van der Waals surface area contributed by atoms with E-state index in [1.54, 1.807) is 0 Å². The van der Waals surface area contributed by atoms with E-state index in [4.69, 9.17) is 14.6 Å². The Balaban J connectivity index is 2.49. The minimum absolute atomic E-state index is 0.217. The van der Waals surface area contributed by atoms with E-state index in [0.717, 1.165) is 6.08 Å². The fourth-order valence-electron chi connectivity index (χ4n) is 1.60. The molecule has 0 aliphatic heterocycles. The van der Waals surface area contributed by atoms with Crippen LogP contribution < -0.4 is 4.74 Å². The van der Waals surface area contributed by atoms with Gasteiger partial charge in [0.2, 0.25) is 0 Å². The molecule has 0 radical (unpaired) electrons. The summed E-state index contributed by atoms with van der Waals surface area (Å²) in [6.07, 6.45) is 0.370. The summed E-state index contributed by atoms with van der Waals surface area (Å²) < 4.78 is 14.4. The Bertz CT molecular complexity index is 645. The minimum Gasteiger partial charge on any atom is -0.478 e. The second kappa shape index (κ2) is 9.09. The Kier molecular flexibility index (Phi) is 7.15. The first kappa shape index (κ1) is 18.9. The Morgan fingerprint density at radius 3 is 2.29 bits per heavy atom. The second-order valence-corrected chi connectivity index (χ2v) is 4.61. The van der Waals surface area contributed by atoms with Gasteiger partial charge in [-0.1, -0.05) is 0 Å². The van der Waals surface area contributed by atoms with Gasteiger partial charge in [-0.25, -0.2) is 14.4 Å². The molecule has 1 aromatic rings. The molecule has 0 saturated carbocycles. The topological polar surface area (TPSA) is 116 Å². The molecule has 0 aliphatic carbocycles. The normalized spacial score (nSPS) is 11.6. The lowest BCUT2D eigenvalue weighted by Crippen LogP contribution is -2.20. The summed E-state index contributed by atoms with van der Waals surface area (Å²) in [5.41, 5.74) is 0.310. The van der Waals surface area contributed by atoms with Crippen LogP contribution in [0.5, 0.6) is 5.75 Å². The number of carboxylic acid groups (broad SMARTS) is 1. The maximum atomic E-state index is 11.7. The van der Waals surface area contributed by atoms with E-state index >= 15 is 0 Å². The van der Waals surface area contributed by atoms with Crippen LogP contribution in [0.1, 0.15) is 23.7 Å². The highest BCUT2D eigenvalue weighted by atomic mass is 16.6. The summed E-state index contributed by atoms with van der Waals surface area (Å²) in [6.45, 7) is 1.47. The third-order valence-electron chi connectivity index (χ3n) is 2.64. The number of rotatable bonds is 7. The van der Waals surface area contributed by atoms with E-state index in [0.29, 0.717) is 11.6 Å². The van der Waals surface area contributed by atoms with Gasteiger partial charge in [0, 0.05) is 12.2 Å². The monoisotopic (exact) mass is 336 g/mol. The largest absolute Gasteiger partial charge is 0.478 e. The number of carboxylic acids is 1. The van der Waals surface area contributed by atoms with E-state index in [9.17, 15) is 19.2 Å². The van der Waals surface area contributed by atoms with Crippen molar-refractivity contribution in [3.05, 3.63) is 42.0 Å². The Morgan fingerprint density at radius 1 is 1.12 bits per heavy atom. The van der Waals surface area contributed by atoms with E-state index in [2.05, 4.69) is 4.74 Å². The fourth-order valence-corrected chi connectivity index (χ4v) is 1.60. The molecule has 8 nitrogen and oxygen atoms in total. The molecular formula is C16H16O8. The predicted molar refractivity (Wildman–Crippen MR) is 80.4 cm³/mol. The zero-order valence-corrected chi connectivity index (χ0v) is 13.1. The van der Waals surface area contributed by atoms with Crippen molar-refractivity contribution in [2.24, 2.45) is 0 Å². The molecule has 0 heterocycles. The molecule has 1 N–H and O–H groups in total. The summed E-state index contributed by atoms with van der Waals surface area (Å²) in [5.74, 6) is -3.10. The summed E-state index contributed by atoms with van der Waals surface area (Å²) in [4.78, 5) is 44.5. The lowest BCUT2D eigenvalue weighted by molar-refractivity contribution is -0.147. The molecular weight excluding hydrogens is 320 g/mol. The molecule has 128 valence electrons. The highest BCUT2D eigenvalue weighted by Crippen LogP contribution is 2.14. The zero-order valence-electron chi connectivity index (χ0n) is 13.1. The van der Waals surface area contributed by atoms with Crippen molar-refractivity contribution in [2.75, 3.05) is 7.11 Å². The van der Waals surface area contributed by atoms with Gasteiger partial charge < -0.3 is 19.3 Å². The predicted octanol–water partition coefficient (Wildman–Crippen LogP) is 1.34. The molecule has 0 saturated heterocycles. The van der Waals surface area contributed by atoms with E-state index in [-0.39, 0.29) is 12.2 Å². The van der Waals surface area contributed by atoms with Crippen LogP contribution in [0.25, 0.3) is 0 Å². The highest BCUT2D eigenvalue weighted by molar-refractivity contribution is 5.91. The number of hydrogen-bond acceptors (Lipinski definition) is 7. The van der Waals surface area contributed by atoms with Gasteiger partial charge >= 0.3 is 23.9 Å². The zero-order chi connectivity index (χ0) is 18.1. The molecule has 0 amide bonds. The SMILES string of the molecule is COC(=O)c1ccc(OC(=O)CC(C)OC(=O)/C=C/C(=O)O)cc1. The maximum absolute atomic E-state index is 11.7. The number of hydrogen-bond donors (Lipinski definition) is 1. The summed E-state index contributed by atoms with van der Waals surface area (Å²) in [5, 5.41) is 8.38. The summed E-state index contributed by atoms with van der Waals surface area (Å²) >= 11 is 0. The number of carbonyl (C=O) groups is 4. The molecule has 0 aromatic heterocycles. The third kappa shape index (κ3) is 6.73. The van der Waals surface area contributed by atoms with E-state index < -0.39 is 30.0 Å². The average molecular weight is 336 g/mol. The van der Waals surface area contributed by atoms with Crippen LogP contribution >= 0.6 is 0 Å². The van der Waals surface area contributed by atoms with Crippen molar-refractivity contribution in [3.8, 4) is 5.75 Å². The van der Waals surface area contributed by atoms with Gasteiger partial charge in [0.05, 0.1) is 19.1 Å². The quantitative estimate of drug-likeness (QED) is 0.450. The third-order valence-corrected chi connectivity index (χ3v) is 2.64. The molecule has 24 heavy (non-hydrogen) atoms. The number of esters is 3. The van der Waals surface area contributed by atoms with Crippen LogP contribution in [0, 0.1) is 0 Å².